The lowest BCUT2D eigenvalue weighted by Gasteiger charge is -2.20. The number of rotatable bonds is 82. The molecule has 0 saturated heterocycles. The Morgan fingerprint density at radius 1 is 0.371 bits per heavy atom. The number of benzene rings is 1. The first-order valence-electron chi connectivity index (χ1n) is 39.1. The summed E-state index contributed by atoms with van der Waals surface area (Å²) < 4.78 is 138. The molecule has 1 aromatic carbocycles. The molecule has 0 aliphatic heterocycles. The number of amides is 4. The second kappa shape index (κ2) is 70.7. The van der Waals surface area contributed by atoms with E-state index in [1.54, 1.807) is 53.9 Å². The van der Waals surface area contributed by atoms with Crippen molar-refractivity contribution in [3.63, 3.8) is 0 Å². The quantitative estimate of drug-likeness (QED) is 0.0358. The van der Waals surface area contributed by atoms with Gasteiger partial charge in [-0.05, 0) is 49.2 Å². The number of hydrogen-bond acceptors (Lipinski definition) is 34. The van der Waals surface area contributed by atoms with Crippen LogP contribution in [0.3, 0.4) is 0 Å². The molecule has 0 bridgehead atoms. The van der Waals surface area contributed by atoms with Crippen molar-refractivity contribution in [2.24, 2.45) is 0 Å². The van der Waals surface area contributed by atoms with E-state index in [0.717, 1.165) is 0 Å². The number of ether oxygens (including phenoxy) is 24. The molecule has 0 radical (unpaired) electrons. The fourth-order valence-electron chi connectivity index (χ4n) is 9.43. The highest BCUT2D eigenvalue weighted by molar-refractivity contribution is 5.95. The third-order valence-electron chi connectivity index (χ3n) is 15.1. The Balaban J connectivity index is 1.27. The average Bonchev–Trinajstić information content (AvgIpc) is 1.08. The molecule has 3 rings (SSSR count). The van der Waals surface area contributed by atoms with Gasteiger partial charge in [-0.2, -0.15) is 0 Å². The predicted molar refractivity (Wildman–Crippen MR) is 414 cm³/mol. The summed E-state index contributed by atoms with van der Waals surface area (Å²) in [6, 6.07) is 3.11. The van der Waals surface area contributed by atoms with E-state index in [2.05, 4.69) is 31.2 Å². The summed E-state index contributed by atoms with van der Waals surface area (Å²) >= 11 is 0. The molecule has 0 aliphatic carbocycles. The Kier molecular flexibility index (Phi) is 62.7. The molecule has 116 heavy (non-hydrogen) atoms. The molecule has 42 heteroatoms. The van der Waals surface area contributed by atoms with Crippen LogP contribution in [0.1, 0.15) is 62.0 Å². The van der Waals surface area contributed by atoms with Crippen molar-refractivity contribution in [1.29, 1.82) is 0 Å². The first-order valence-corrected chi connectivity index (χ1v) is 39.1. The zero-order chi connectivity index (χ0) is 83.8. The van der Waals surface area contributed by atoms with Gasteiger partial charge >= 0.3 is 17.7 Å². The van der Waals surface area contributed by atoms with Gasteiger partial charge in [0, 0.05) is 52.5 Å². The summed E-state index contributed by atoms with van der Waals surface area (Å²) in [7, 11) is 1.61. The van der Waals surface area contributed by atoms with E-state index in [-0.39, 0.29) is 164 Å². The van der Waals surface area contributed by atoms with Crippen LogP contribution in [0.2, 0.25) is 0 Å². The molecule has 2 heterocycles. The normalized spacial score (nSPS) is 11.5. The molecule has 42 nitrogen and oxygen atoms in total. The molecule has 0 unspecified atom stereocenters. The van der Waals surface area contributed by atoms with E-state index >= 15 is 0 Å². The summed E-state index contributed by atoms with van der Waals surface area (Å²) in [5.41, 5.74) is -0.440. The van der Waals surface area contributed by atoms with E-state index in [1.807, 2.05) is 0 Å². The summed E-state index contributed by atoms with van der Waals surface area (Å²) in [6.07, 6.45) is 2.55. The van der Waals surface area contributed by atoms with E-state index < -0.39 is 27.4 Å². The first-order chi connectivity index (χ1) is 56.5. The van der Waals surface area contributed by atoms with Crippen LogP contribution in [0.4, 0.5) is 16.4 Å². The van der Waals surface area contributed by atoms with Gasteiger partial charge in [0.25, 0.3) is 5.91 Å². The van der Waals surface area contributed by atoms with Crippen molar-refractivity contribution in [3.05, 3.63) is 62.0 Å². The summed E-state index contributed by atoms with van der Waals surface area (Å²) in [5.74, 6) is 0.539. The second-order valence-corrected chi connectivity index (χ2v) is 25.4. The number of carbonyl (C=O) groups is 4. The summed E-state index contributed by atoms with van der Waals surface area (Å²) in [6.45, 7) is 23.7. The average molecular weight is 1670 g/mol. The maximum atomic E-state index is 13.7. The third kappa shape index (κ3) is 56.2. The predicted octanol–water partition coefficient (Wildman–Crippen LogP) is 2.67. The van der Waals surface area contributed by atoms with Crippen molar-refractivity contribution in [2.45, 2.75) is 72.6 Å². The van der Waals surface area contributed by atoms with Gasteiger partial charge in [-0.15, -0.1) is 0 Å². The number of aryl methyl sites for hydroxylation is 2. The van der Waals surface area contributed by atoms with Gasteiger partial charge in [-0.25, -0.2) is 23.9 Å². The molecule has 3 aromatic rings. The summed E-state index contributed by atoms with van der Waals surface area (Å²) in [5, 5.41) is 33.3. The fourth-order valence-corrected chi connectivity index (χ4v) is 9.43. The smallest absolute Gasteiger partial charge is 0.407 e. The maximum absolute atomic E-state index is 13.7. The number of alkyl carbamates (subject to hydrolysis) is 1. The van der Waals surface area contributed by atoms with Crippen LogP contribution in [0.5, 0.6) is 17.2 Å². The Morgan fingerprint density at radius 3 is 0.922 bits per heavy atom. The van der Waals surface area contributed by atoms with Crippen molar-refractivity contribution in [1.82, 2.24) is 40.4 Å². The molecular weight excluding hydrogens is 1540 g/mol. The number of aromatic nitrogens is 4. The second-order valence-electron chi connectivity index (χ2n) is 25.4. The third-order valence-corrected chi connectivity index (χ3v) is 15.1. The van der Waals surface area contributed by atoms with Crippen LogP contribution < -0.4 is 35.5 Å². The van der Waals surface area contributed by atoms with Crippen LogP contribution in [-0.4, -0.2) is 369 Å². The van der Waals surface area contributed by atoms with Crippen LogP contribution in [0, 0.1) is 34.1 Å². The van der Waals surface area contributed by atoms with Crippen LogP contribution >= 0.6 is 0 Å². The molecule has 0 fully saturated rings. The van der Waals surface area contributed by atoms with E-state index in [9.17, 15) is 39.4 Å². The van der Waals surface area contributed by atoms with Gasteiger partial charge in [0.15, 0.2) is 23.1 Å². The summed E-state index contributed by atoms with van der Waals surface area (Å²) in [4.78, 5) is 79.2. The fraction of sp³-hybridized carbons (Fsp3) is 0.784. The van der Waals surface area contributed by atoms with Crippen LogP contribution in [-0.2, 0) is 122 Å². The van der Waals surface area contributed by atoms with Gasteiger partial charge in [0.1, 0.15) is 50.9 Å². The van der Waals surface area contributed by atoms with Crippen LogP contribution in [0.15, 0.2) is 24.5 Å². The molecule has 0 saturated carbocycles. The largest absolute Gasteiger partial charge is 0.487 e. The van der Waals surface area contributed by atoms with Crippen molar-refractivity contribution in [2.75, 3.05) is 311 Å². The molecule has 0 spiro atoms. The zero-order valence-corrected chi connectivity index (χ0v) is 68.6. The minimum absolute atomic E-state index is 0.0712. The monoisotopic (exact) mass is 1670 g/mol. The van der Waals surface area contributed by atoms with Crippen molar-refractivity contribution in [3.8, 4) is 17.2 Å². The number of imidazole rings is 2. The topological polar surface area (TPSA) is 460 Å². The zero-order valence-electron chi connectivity index (χ0n) is 68.6. The lowest BCUT2D eigenvalue weighted by molar-refractivity contribution is -0.392. The molecule has 4 N–H and O–H groups in total. The molecule has 0 atom stereocenters. The minimum Gasteiger partial charge on any atom is -0.487 e. The molecule has 666 valence electrons. The van der Waals surface area contributed by atoms with Gasteiger partial charge in [-0.1, -0.05) is 0 Å². The van der Waals surface area contributed by atoms with Gasteiger partial charge in [0.2, 0.25) is 17.6 Å². The van der Waals surface area contributed by atoms with Gasteiger partial charge in [0.05, 0.1) is 271 Å². The number of methoxy groups -OCH3 is 1. The van der Waals surface area contributed by atoms with E-state index in [0.29, 0.717) is 229 Å². The van der Waals surface area contributed by atoms with Crippen molar-refractivity contribution >= 4 is 35.5 Å². The van der Waals surface area contributed by atoms with Crippen molar-refractivity contribution < 1.29 is 143 Å². The van der Waals surface area contributed by atoms with E-state index in [4.69, 9.17) is 114 Å². The number of carbonyl (C=O) groups excluding carboxylic acids is 4. The number of nitrogens with zero attached hydrogens (tertiary/aromatic N) is 6. The molecule has 0 aliphatic rings. The van der Waals surface area contributed by atoms with Gasteiger partial charge < -0.3 is 155 Å². The van der Waals surface area contributed by atoms with Gasteiger partial charge in [-0.3, -0.25) is 14.4 Å². The molecule has 4 amide bonds. The Labute approximate surface area is 678 Å². The van der Waals surface area contributed by atoms with E-state index in [1.165, 1.54) is 21.5 Å². The highest BCUT2D eigenvalue weighted by Gasteiger charge is 2.22. The Hall–Kier alpha value is -7.28. The Morgan fingerprint density at radius 2 is 0.638 bits per heavy atom. The Bertz CT molecular complexity index is 2840. The van der Waals surface area contributed by atoms with Crippen LogP contribution in [0.25, 0.3) is 0 Å². The lowest BCUT2D eigenvalue weighted by atomic mass is 10.1. The first kappa shape index (κ1) is 103. The highest BCUT2D eigenvalue weighted by Crippen LogP contribution is 2.39. The number of nitro groups is 2. The molecular formula is C74H128N10O32. The molecule has 2 aromatic heterocycles. The SMILES string of the molecule is COCCOCCOCCOCCOc1c(OCCOCCOCCOCCOCCOCCOCCOCCOCCC(=O)NCCn2c([N+](=O)[O-])cnc2C)cc(C(=O)NCCCNC(=O)OC(C)(C)C)cc1OCCOCCOCCOCCOCCOCCOCCOCCOCCC(=O)NCCn1c([N+](=O)[O-])cnc1C. The minimum atomic E-state index is -0.660. The standard InChI is InChI=1S/C74H128N10O32/c1-62-79-60-69(83(89)90)81(62)14-12-75-67(85)8-16-94-20-22-97-26-28-100-30-32-102-34-36-104-38-40-106-42-44-108-46-49-110-52-55-113-65-58-64(72(87)77-10-7-11-78-73(88)116-74(3,4)5)59-66(71(65)115-57-54-112-51-48-99-25-24-96-19-18-93-6)114-56-53-111-50-47-109-45-43-107-41-39-105-37-35-103-33-31-101-29-27-98-23-21-95-17-9-68(86)76-13-15-82-63(2)80-61-70(82)84(91)92/h58-61H,7-57H2,1-6H3,(H,75,85)(H,76,86)(H,77,87)(H,78,88). The maximum Gasteiger partial charge on any atom is 0.407 e. The number of hydrogen-bond donors (Lipinski definition) is 4. The highest BCUT2D eigenvalue weighted by atomic mass is 16.6. The number of nitrogens with one attached hydrogen (secondary N) is 4. The lowest BCUT2D eigenvalue weighted by Crippen LogP contribution is -2.34.